The maximum Gasteiger partial charge on any atom is 0.407 e. The second-order valence-corrected chi connectivity index (χ2v) is 3.44. The zero-order chi connectivity index (χ0) is 12.5. The number of aromatic hydroxyl groups is 1. The summed E-state index contributed by atoms with van der Waals surface area (Å²) in [4.78, 5) is 0. The monoisotopic (exact) mass is 291 g/mol. The maximum atomic E-state index is 12.4. The van der Waals surface area contributed by atoms with Crippen LogP contribution < -0.4 is 10.5 Å². The molecular formula is C9H10Cl2F3NO2. The summed E-state index contributed by atoms with van der Waals surface area (Å²) < 4.78 is 42.0. The van der Waals surface area contributed by atoms with Crippen LogP contribution in [0.2, 0.25) is 5.02 Å². The minimum atomic E-state index is -4.69. The molecule has 3 nitrogen and oxygen atoms in total. The van der Waals surface area contributed by atoms with E-state index in [0.717, 1.165) is 0 Å². The Morgan fingerprint density at radius 3 is 2.35 bits per heavy atom. The maximum absolute atomic E-state index is 12.4. The Hall–Kier alpha value is -0.850. The van der Waals surface area contributed by atoms with Crippen molar-refractivity contribution in [1.29, 1.82) is 0 Å². The number of methoxy groups -OCH3 is 1. The summed E-state index contributed by atoms with van der Waals surface area (Å²) in [6, 6.07) is 0.0897. The lowest BCUT2D eigenvalue weighted by Crippen LogP contribution is -2.29. The van der Waals surface area contributed by atoms with E-state index in [1.54, 1.807) is 0 Å². The van der Waals surface area contributed by atoms with Gasteiger partial charge in [0, 0.05) is 0 Å². The number of hydrogen-bond acceptors (Lipinski definition) is 3. The standard InChI is InChI=1S/C9H9ClF3NO2.ClH/c1-16-5-3-2-4(10)7(15)6(5)8(14)9(11,12)13;/h2-3,8,15H,14H2,1H3;1H/t8-;/m0./s1. The molecule has 1 aromatic rings. The van der Waals surface area contributed by atoms with E-state index in [-0.39, 0.29) is 23.2 Å². The molecule has 0 radical (unpaired) electrons. The van der Waals surface area contributed by atoms with Gasteiger partial charge in [-0.05, 0) is 12.1 Å². The minimum Gasteiger partial charge on any atom is -0.506 e. The molecule has 0 saturated heterocycles. The van der Waals surface area contributed by atoms with Crippen LogP contribution in [-0.4, -0.2) is 18.4 Å². The smallest absolute Gasteiger partial charge is 0.407 e. The molecule has 1 rings (SSSR count). The summed E-state index contributed by atoms with van der Waals surface area (Å²) in [6.45, 7) is 0. The normalized spacial score (nSPS) is 12.8. The summed E-state index contributed by atoms with van der Waals surface area (Å²) in [7, 11) is 1.18. The van der Waals surface area contributed by atoms with Gasteiger partial charge in [-0.3, -0.25) is 0 Å². The van der Waals surface area contributed by atoms with Crippen molar-refractivity contribution in [3.05, 3.63) is 22.7 Å². The highest BCUT2D eigenvalue weighted by Crippen LogP contribution is 2.43. The predicted octanol–water partition coefficient (Wildman–Crippen LogP) is 3.04. The number of nitrogens with two attached hydrogens (primary N) is 1. The topological polar surface area (TPSA) is 55.5 Å². The van der Waals surface area contributed by atoms with Crippen molar-refractivity contribution >= 4 is 24.0 Å². The van der Waals surface area contributed by atoms with Crippen molar-refractivity contribution in [3.63, 3.8) is 0 Å². The van der Waals surface area contributed by atoms with Gasteiger partial charge in [0.25, 0.3) is 0 Å². The fourth-order valence-corrected chi connectivity index (χ4v) is 1.37. The van der Waals surface area contributed by atoms with Crippen LogP contribution in [0.5, 0.6) is 11.5 Å². The van der Waals surface area contributed by atoms with E-state index < -0.39 is 23.5 Å². The molecule has 0 aliphatic heterocycles. The fraction of sp³-hybridized carbons (Fsp3) is 0.333. The second-order valence-electron chi connectivity index (χ2n) is 3.03. The van der Waals surface area contributed by atoms with Gasteiger partial charge < -0.3 is 15.6 Å². The Kier molecular flexibility index (Phi) is 5.38. The van der Waals surface area contributed by atoms with Crippen LogP contribution in [-0.2, 0) is 0 Å². The van der Waals surface area contributed by atoms with Gasteiger partial charge in [0.15, 0.2) is 0 Å². The number of halogens is 5. The van der Waals surface area contributed by atoms with Gasteiger partial charge in [0.2, 0.25) is 0 Å². The van der Waals surface area contributed by atoms with Crippen LogP contribution in [0.3, 0.4) is 0 Å². The Morgan fingerprint density at radius 1 is 1.41 bits per heavy atom. The number of rotatable bonds is 2. The third kappa shape index (κ3) is 3.31. The molecule has 0 spiro atoms. The van der Waals surface area contributed by atoms with Gasteiger partial charge >= 0.3 is 6.18 Å². The molecule has 0 saturated carbocycles. The van der Waals surface area contributed by atoms with Crippen molar-refractivity contribution in [1.82, 2.24) is 0 Å². The Balaban J connectivity index is 0.00000256. The highest BCUT2D eigenvalue weighted by molar-refractivity contribution is 6.32. The van der Waals surface area contributed by atoms with Crippen LogP contribution in [0.4, 0.5) is 13.2 Å². The third-order valence-corrected chi connectivity index (χ3v) is 2.32. The van der Waals surface area contributed by atoms with Gasteiger partial charge in [-0.2, -0.15) is 13.2 Å². The number of phenolic OH excluding ortho intramolecular Hbond substituents is 1. The average molecular weight is 292 g/mol. The molecule has 98 valence electrons. The molecule has 0 fully saturated rings. The molecule has 0 unspecified atom stereocenters. The molecule has 17 heavy (non-hydrogen) atoms. The van der Waals surface area contributed by atoms with Crippen LogP contribution in [0.1, 0.15) is 11.6 Å². The van der Waals surface area contributed by atoms with Crippen molar-refractivity contribution in [2.75, 3.05) is 7.11 Å². The van der Waals surface area contributed by atoms with Crippen molar-refractivity contribution in [3.8, 4) is 11.5 Å². The molecular weight excluding hydrogens is 282 g/mol. The van der Waals surface area contributed by atoms with E-state index in [9.17, 15) is 18.3 Å². The number of ether oxygens (including phenoxy) is 1. The van der Waals surface area contributed by atoms with Crippen molar-refractivity contribution in [2.45, 2.75) is 12.2 Å². The SMILES string of the molecule is COc1ccc(Cl)c(O)c1[C@H](N)C(F)(F)F.Cl. The molecule has 3 N–H and O–H groups in total. The molecule has 0 aliphatic rings. The largest absolute Gasteiger partial charge is 0.506 e. The molecule has 1 atom stereocenters. The van der Waals surface area contributed by atoms with Crippen LogP contribution in [0.25, 0.3) is 0 Å². The fourth-order valence-electron chi connectivity index (χ4n) is 1.21. The van der Waals surface area contributed by atoms with Crippen LogP contribution in [0, 0.1) is 0 Å². The molecule has 0 bridgehead atoms. The van der Waals surface area contributed by atoms with Gasteiger partial charge in [-0.25, -0.2) is 0 Å². The van der Waals surface area contributed by atoms with E-state index in [1.807, 2.05) is 0 Å². The van der Waals surface area contributed by atoms with E-state index in [0.29, 0.717) is 0 Å². The Labute approximate surface area is 107 Å². The zero-order valence-electron chi connectivity index (χ0n) is 8.58. The first-order chi connectivity index (χ1) is 7.29. The summed E-state index contributed by atoms with van der Waals surface area (Å²) in [5.41, 5.74) is 4.43. The lowest BCUT2D eigenvalue weighted by molar-refractivity contribution is -0.149. The molecule has 0 amide bonds. The Morgan fingerprint density at radius 2 is 1.94 bits per heavy atom. The molecule has 0 aliphatic carbocycles. The van der Waals surface area contributed by atoms with Gasteiger partial charge in [-0.15, -0.1) is 12.4 Å². The lowest BCUT2D eigenvalue weighted by Gasteiger charge is -2.20. The first-order valence-corrected chi connectivity index (χ1v) is 4.54. The van der Waals surface area contributed by atoms with E-state index >= 15 is 0 Å². The summed E-state index contributed by atoms with van der Waals surface area (Å²) >= 11 is 5.51. The minimum absolute atomic E-state index is 0. The highest BCUT2D eigenvalue weighted by Gasteiger charge is 2.41. The zero-order valence-corrected chi connectivity index (χ0v) is 10.2. The number of alkyl halides is 3. The first-order valence-electron chi connectivity index (χ1n) is 4.16. The highest BCUT2D eigenvalue weighted by atomic mass is 35.5. The van der Waals surface area contributed by atoms with Crippen molar-refractivity contribution < 1.29 is 23.0 Å². The van der Waals surface area contributed by atoms with Crippen LogP contribution in [0.15, 0.2) is 12.1 Å². The summed E-state index contributed by atoms with van der Waals surface area (Å²) in [5.74, 6) is -0.877. The third-order valence-electron chi connectivity index (χ3n) is 2.01. The average Bonchev–Trinajstić information content (AvgIpc) is 2.19. The van der Waals surface area contributed by atoms with Crippen LogP contribution >= 0.6 is 24.0 Å². The Bertz CT molecular complexity index is 399. The molecule has 8 heteroatoms. The molecule has 0 heterocycles. The lowest BCUT2D eigenvalue weighted by atomic mass is 10.0. The predicted molar refractivity (Wildman–Crippen MR) is 59.9 cm³/mol. The van der Waals surface area contributed by atoms with Crippen molar-refractivity contribution in [2.24, 2.45) is 5.73 Å². The van der Waals surface area contributed by atoms with Gasteiger partial charge in [0.1, 0.15) is 17.5 Å². The number of hydrogen-bond donors (Lipinski definition) is 2. The molecule has 1 aromatic carbocycles. The number of benzene rings is 1. The summed E-state index contributed by atoms with van der Waals surface area (Å²) in [6.07, 6.45) is -4.69. The van der Waals surface area contributed by atoms with Gasteiger partial charge in [0.05, 0.1) is 17.7 Å². The van der Waals surface area contributed by atoms with E-state index in [1.165, 1.54) is 19.2 Å². The van der Waals surface area contributed by atoms with E-state index in [2.05, 4.69) is 0 Å². The van der Waals surface area contributed by atoms with Gasteiger partial charge in [-0.1, -0.05) is 11.6 Å². The first kappa shape index (κ1) is 16.1. The second kappa shape index (κ2) is 5.66. The number of phenols is 1. The van der Waals surface area contributed by atoms with E-state index in [4.69, 9.17) is 22.1 Å². The summed E-state index contributed by atoms with van der Waals surface area (Å²) in [5, 5.41) is 9.24. The molecule has 0 aromatic heterocycles. The quantitative estimate of drug-likeness (QED) is 0.881.